The first-order valence-electron chi connectivity index (χ1n) is 7.20. The highest BCUT2D eigenvalue weighted by Gasteiger charge is 2.23. The molecule has 0 saturated carbocycles. The van der Waals surface area contributed by atoms with E-state index >= 15 is 0 Å². The molecular formula is C15H22N4O4. The normalized spacial score (nSPS) is 12.9. The lowest BCUT2D eigenvalue weighted by molar-refractivity contribution is -0.143. The van der Waals surface area contributed by atoms with Crippen LogP contribution in [0.25, 0.3) is 0 Å². The van der Waals surface area contributed by atoms with Crippen molar-refractivity contribution < 1.29 is 19.8 Å². The summed E-state index contributed by atoms with van der Waals surface area (Å²) in [6.07, 6.45) is -0.618. The van der Waals surface area contributed by atoms with Gasteiger partial charge in [-0.2, -0.15) is 0 Å². The summed E-state index contributed by atoms with van der Waals surface area (Å²) in [4.78, 5) is 26.9. The third kappa shape index (κ3) is 7.28. The van der Waals surface area contributed by atoms with Crippen LogP contribution in [0.1, 0.15) is 18.4 Å². The van der Waals surface area contributed by atoms with Crippen molar-refractivity contribution in [3.05, 3.63) is 35.9 Å². The van der Waals surface area contributed by atoms with Crippen LogP contribution in [-0.4, -0.2) is 46.7 Å². The van der Waals surface area contributed by atoms with Gasteiger partial charge in [0, 0.05) is 13.0 Å². The number of hydrogen-bond donors (Lipinski definition) is 5. The van der Waals surface area contributed by atoms with Gasteiger partial charge in [-0.3, -0.25) is 9.79 Å². The van der Waals surface area contributed by atoms with E-state index in [0.717, 1.165) is 5.56 Å². The quantitative estimate of drug-likeness (QED) is 0.228. The molecule has 2 atom stereocenters. The van der Waals surface area contributed by atoms with Gasteiger partial charge in [-0.25, -0.2) is 4.79 Å². The number of amides is 1. The Labute approximate surface area is 134 Å². The van der Waals surface area contributed by atoms with E-state index in [4.69, 9.17) is 11.5 Å². The number of carboxylic acids is 1. The molecule has 1 unspecified atom stereocenters. The second-order valence-corrected chi connectivity index (χ2v) is 5.05. The summed E-state index contributed by atoms with van der Waals surface area (Å²) in [6.45, 7) is 0.291. The monoisotopic (exact) mass is 322 g/mol. The molecule has 0 aliphatic rings. The van der Waals surface area contributed by atoms with Crippen molar-refractivity contribution in [1.29, 1.82) is 0 Å². The van der Waals surface area contributed by atoms with E-state index in [1.54, 1.807) is 24.3 Å². The molecule has 0 aliphatic carbocycles. The largest absolute Gasteiger partial charge is 0.480 e. The number of nitrogens with one attached hydrogen (secondary N) is 1. The van der Waals surface area contributed by atoms with Gasteiger partial charge in [-0.05, 0) is 18.4 Å². The molecule has 1 amide bonds. The molecule has 8 nitrogen and oxygen atoms in total. The molecule has 0 spiro atoms. The fourth-order valence-corrected chi connectivity index (χ4v) is 1.94. The molecule has 0 radical (unpaired) electrons. The van der Waals surface area contributed by atoms with Gasteiger partial charge >= 0.3 is 5.97 Å². The smallest absolute Gasteiger partial charge is 0.326 e. The van der Waals surface area contributed by atoms with Gasteiger partial charge < -0.3 is 27.0 Å². The lowest BCUT2D eigenvalue weighted by Crippen LogP contribution is -2.46. The predicted molar refractivity (Wildman–Crippen MR) is 85.6 cm³/mol. The van der Waals surface area contributed by atoms with E-state index in [1.807, 2.05) is 6.07 Å². The van der Waals surface area contributed by atoms with Crippen molar-refractivity contribution in [1.82, 2.24) is 5.32 Å². The summed E-state index contributed by atoms with van der Waals surface area (Å²) in [5.41, 5.74) is 11.1. The number of rotatable bonds is 9. The number of nitrogens with zero attached hydrogens (tertiary/aromatic N) is 1. The number of aliphatic imine (C=N–C) groups is 1. The predicted octanol–water partition coefficient (Wildman–Crippen LogP) is -0.787. The van der Waals surface area contributed by atoms with Gasteiger partial charge in [0.1, 0.15) is 12.1 Å². The van der Waals surface area contributed by atoms with Crippen molar-refractivity contribution in [2.45, 2.75) is 31.4 Å². The minimum atomic E-state index is -1.30. The van der Waals surface area contributed by atoms with E-state index < -0.39 is 24.0 Å². The van der Waals surface area contributed by atoms with Gasteiger partial charge in [0.15, 0.2) is 5.96 Å². The fourth-order valence-electron chi connectivity index (χ4n) is 1.94. The standard InChI is InChI=1S/C15H22N4O4/c16-15(17)18-8-4-7-12(20)13(21)19-11(14(22)23)9-10-5-2-1-3-6-10/h1-3,5-6,11-12,20H,4,7-9H2,(H,19,21)(H,22,23)(H4,16,17,18)/t11-,12?/m0/s1. The minimum absolute atomic E-state index is 0.0576. The fraction of sp³-hybridized carbons (Fsp3) is 0.400. The van der Waals surface area contributed by atoms with E-state index in [0.29, 0.717) is 13.0 Å². The topological polar surface area (TPSA) is 151 Å². The van der Waals surface area contributed by atoms with Crippen molar-refractivity contribution in [2.75, 3.05) is 6.54 Å². The first kappa shape index (κ1) is 18.4. The Balaban J connectivity index is 2.50. The molecule has 0 saturated heterocycles. The molecule has 1 aromatic rings. The second kappa shape index (κ2) is 9.42. The number of aliphatic carboxylic acids is 1. The zero-order chi connectivity index (χ0) is 17.2. The van der Waals surface area contributed by atoms with Gasteiger partial charge in [0.05, 0.1) is 0 Å². The summed E-state index contributed by atoms with van der Waals surface area (Å²) in [6, 6.07) is 7.83. The lowest BCUT2D eigenvalue weighted by Gasteiger charge is -2.17. The van der Waals surface area contributed by atoms with E-state index in [2.05, 4.69) is 10.3 Å². The molecular weight excluding hydrogens is 300 g/mol. The zero-order valence-electron chi connectivity index (χ0n) is 12.7. The number of hydrogen-bond acceptors (Lipinski definition) is 4. The van der Waals surface area contributed by atoms with Gasteiger partial charge in [-0.1, -0.05) is 30.3 Å². The molecule has 126 valence electrons. The van der Waals surface area contributed by atoms with Crippen molar-refractivity contribution in [3.8, 4) is 0 Å². The van der Waals surface area contributed by atoms with Crippen LogP contribution < -0.4 is 16.8 Å². The summed E-state index contributed by atoms with van der Waals surface area (Å²) >= 11 is 0. The first-order chi connectivity index (χ1) is 10.9. The molecule has 0 aliphatic heterocycles. The average molecular weight is 322 g/mol. The summed E-state index contributed by atoms with van der Waals surface area (Å²) < 4.78 is 0. The van der Waals surface area contributed by atoms with Crippen LogP contribution in [-0.2, 0) is 16.0 Å². The number of guanidine groups is 1. The molecule has 0 aromatic heterocycles. The summed E-state index contributed by atoms with van der Waals surface area (Å²) in [5, 5.41) is 21.3. The van der Waals surface area contributed by atoms with E-state index in [-0.39, 0.29) is 18.8 Å². The highest BCUT2D eigenvalue weighted by Crippen LogP contribution is 2.05. The number of nitrogens with two attached hydrogens (primary N) is 2. The van der Waals surface area contributed by atoms with Gasteiger partial charge in [0.2, 0.25) is 5.91 Å². The SMILES string of the molecule is NC(N)=NCCCC(O)C(=O)N[C@@H](Cc1ccccc1)C(=O)O. The maximum atomic E-state index is 11.9. The summed E-state index contributed by atoms with van der Waals surface area (Å²) in [5.74, 6) is -1.94. The molecule has 7 N–H and O–H groups in total. The zero-order valence-corrected chi connectivity index (χ0v) is 12.7. The first-order valence-corrected chi connectivity index (χ1v) is 7.20. The van der Waals surface area contributed by atoms with E-state index in [9.17, 15) is 19.8 Å². The molecule has 8 heteroatoms. The summed E-state index contributed by atoms with van der Waals surface area (Å²) in [7, 11) is 0. The third-order valence-corrected chi connectivity index (χ3v) is 3.13. The van der Waals surface area contributed by atoms with Crippen LogP contribution in [0, 0.1) is 0 Å². The van der Waals surface area contributed by atoms with Crippen LogP contribution in [0.5, 0.6) is 0 Å². The number of carbonyl (C=O) groups is 2. The van der Waals surface area contributed by atoms with Gasteiger partial charge in [0.25, 0.3) is 0 Å². The Bertz CT molecular complexity index is 544. The maximum absolute atomic E-state index is 11.9. The Kier molecular flexibility index (Phi) is 7.55. The van der Waals surface area contributed by atoms with Crippen LogP contribution >= 0.6 is 0 Å². The highest BCUT2D eigenvalue weighted by molar-refractivity contribution is 5.86. The molecule has 0 fully saturated rings. The minimum Gasteiger partial charge on any atom is -0.480 e. The average Bonchev–Trinajstić information content (AvgIpc) is 2.51. The Morgan fingerprint density at radius 1 is 1.22 bits per heavy atom. The molecule has 1 rings (SSSR count). The van der Waals surface area contributed by atoms with Crippen LogP contribution in [0.15, 0.2) is 35.3 Å². The number of carbonyl (C=O) groups excluding carboxylic acids is 1. The van der Waals surface area contributed by atoms with Crippen LogP contribution in [0.2, 0.25) is 0 Å². The highest BCUT2D eigenvalue weighted by atomic mass is 16.4. The van der Waals surface area contributed by atoms with Crippen LogP contribution in [0.4, 0.5) is 0 Å². The molecule has 23 heavy (non-hydrogen) atoms. The van der Waals surface area contributed by atoms with E-state index in [1.165, 1.54) is 0 Å². The Hall–Kier alpha value is -2.61. The third-order valence-electron chi connectivity index (χ3n) is 3.13. The molecule has 0 bridgehead atoms. The maximum Gasteiger partial charge on any atom is 0.326 e. The van der Waals surface area contributed by atoms with Crippen LogP contribution in [0.3, 0.4) is 0 Å². The second-order valence-electron chi connectivity index (χ2n) is 5.05. The number of carboxylic acid groups (broad SMARTS) is 1. The van der Waals surface area contributed by atoms with Crippen molar-refractivity contribution in [3.63, 3.8) is 0 Å². The lowest BCUT2D eigenvalue weighted by atomic mass is 10.1. The number of benzene rings is 1. The van der Waals surface area contributed by atoms with Crippen molar-refractivity contribution >= 4 is 17.8 Å². The molecule has 0 heterocycles. The Morgan fingerprint density at radius 3 is 2.43 bits per heavy atom. The molecule has 1 aromatic carbocycles. The Morgan fingerprint density at radius 2 is 1.87 bits per heavy atom. The number of aliphatic hydroxyl groups excluding tert-OH is 1. The number of aliphatic hydroxyl groups is 1. The van der Waals surface area contributed by atoms with Gasteiger partial charge in [-0.15, -0.1) is 0 Å². The van der Waals surface area contributed by atoms with Crippen molar-refractivity contribution in [2.24, 2.45) is 16.5 Å².